The van der Waals surface area contributed by atoms with Crippen LogP contribution in [-0.2, 0) is 10.0 Å². The van der Waals surface area contributed by atoms with Crippen LogP contribution in [0.15, 0.2) is 24.3 Å². The number of anilines is 1. The first-order valence-electron chi connectivity index (χ1n) is 7.39. The molecule has 2 unspecified atom stereocenters. The minimum atomic E-state index is -3.23. The van der Waals surface area contributed by atoms with Gasteiger partial charge in [0.15, 0.2) is 0 Å². The zero-order valence-electron chi connectivity index (χ0n) is 13.0. The molecule has 0 fully saturated rings. The number of aliphatic hydroxyl groups excluding tert-OH is 1. The zero-order chi connectivity index (χ0) is 15.9. The topological polar surface area (TPSA) is 78.4 Å². The second-order valence-corrected chi connectivity index (χ2v) is 7.14. The van der Waals surface area contributed by atoms with Gasteiger partial charge in [-0.15, -0.1) is 0 Å². The van der Waals surface area contributed by atoms with Gasteiger partial charge in [-0.05, 0) is 44.4 Å². The molecule has 0 aliphatic carbocycles. The lowest BCUT2D eigenvalue weighted by Gasteiger charge is -2.22. The zero-order valence-corrected chi connectivity index (χ0v) is 13.8. The lowest BCUT2D eigenvalue weighted by atomic mass is 10.1. The first-order valence-corrected chi connectivity index (χ1v) is 9.04. The Kier molecular flexibility index (Phi) is 7.14. The van der Waals surface area contributed by atoms with Gasteiger partial charge in [-0.3, -0.25) is 4.72 Å². The molecule has 0 saturated heterocycles. The van der Waals surface area contributed by atoms with Gasteiger partial charge < -0.3 is 10.4 Å². The van der Waals surface area contributed by atoms with Crippen LogP contribution in [0.25, 0.3) is 0 Å². The maximum atomic E-state index is 11.5. The number of rotatable bonds is 9. The summed E-state index contributed by atoms with van der Waals surface area (Å²) in [6.45, 7) is 5.93. The van der Waals surface area contributed by atoms with E-state index in [1.165, 1.54) is 0 Å². The Morgan fingerprint density at radius 2 is 1.81 bits per heavy atom. The van der Waals surface area contributed by atoms with Crippen molar-refractivity contribution in [1.29, 1.82) is 0 Å². The molecule has 0 aliphatic heterocycles. The molecule has 0 bridgehead atoms. The van der Waals surface area contributed by atoms with E-state index < -0.39 is 10.0 Å². The minimum absolute atomic E-state index is 0.0616. The fourth-order valence-corrected chi connectivity index (χ4v) is 2.74. The molecule has 0 saturated carbocycles. The van der Waals surface area contributed by atoms with Crippen molar-refractivity contribution in [2.45, 2.75) is 45.7 Å². The third-order valence-corrected chi connectivity index (χ3v) is 4.83. The molecule has 1 rings (SSSR count). The SMILES string of the molecule is CCC(CCO)NC(C)c1ccc(NS(=O)(=O)CC)cc1. The second kappa shape index (κ2) is 8.36. The summed E-state index contributed by atoms with van der Waals surface area (Å²) >= 11 is 0. The molecule has 1 aromatic carbocycles. The summed E-state index contributed by atoms with van der Waals surface area (Å²) in [6, 6.07) is 7.80. The molecule has 0 radical (unpaired) electrons. The summed E-state index contributed by atoms with van der Waals surface area (Å²) in [5.74, 6) is 0.0616. The van der Waals surface area contributed by atoms with Crippen molar-refractivity contribution in [3.05, 3.63) is 29.8 Å². The van der Waals surface area contributed by atoms with Gasteiger partial charge in [0.05, 0.1) is 5.75 Å². The van der Waals surface area contributed by atoms with Gasteiger partial charge in [-0.1, -0.05) is 19.1 Å². The fourth-order valence-electron chi connectivity index (χ4n) is 2.10. The Labute approximate surface area is 127 Å². The van der Waals surface area contributed by atoms with Crippen molar-refractivity contribution in [3.8, 4) is 0 Å². The van der Waals surface area contributed by atoms with Gasteiger partial charge in [0.1, 0.15) is 0 Å². The lowest BCUT2D eigenvalue weighted by molar-refractivity contribution is 0.257. The monoisotopic (exact) mass is 314 g/mol. The standard InChI is InChI=1S/C15H26N2O3S/c1-4-14(10-11-18)16-12(3)13-6-8-15(9-7-13)17-21(19,20)5-2/h6-9,12,14,16-18H,4-5,10-11H2,1-3H3. The van der Waals surface area contributed by atoms with E-state index >= 15 is 0 Å². The Hall–Kier alpha value is -1.11. The van der Waals surface area contributed by atoms with Crippen LogP contribution in [0.3, 0.4) is 0 Å². The van der Waals surface area contributed by atoms with Crippen LogP contribution in [0.2, 0.25) is 0 Å². The minimum Gasteiger partial charge on any atom is -0.396 e. The molecule has 0 aromatic heterocycles. The summed E-state index contributed by atoms with van der Waals surface area (Å²) in [5.41, 5.74) is 1.67. The van der Waals surface area contributed by atoms with E-state index in [1.807, 2.05) is 12.1 Å². The molecular formula is C15H26N2O3S. The fraction of sp³-hybridized carbons (Fsp3) is 0.600. The first kappa shape index (κ1) is 17.9. The van der Waals surface area contributed by atoms with E-state index in [0.717, 1.165) is 18.4 Å². The number of aliphatic hydroxyl groups is 1. The number of hydrogen-bond donors (Lipinski definition) is 3. The highest BCUT2D eigenvalue weighted by molar-refractivity contribution is 7.92. The number of sulfonamides is 1. The maximum Gasteiger partial charge on any atom is 0.232 e. The van der Waals surface area contributed by atoms with Gasteiger partial charge in [0.2, 0.25) is 10.0 Å². The van der Waals surface area contributed by atoms with Crippen LogP contribution in [0, 0.1) is 0 Å². The second-order valence-electron chi connectivity index (χ2n) is 5.13. The van der Waals surface area contributed by atoms with Crippen molar-refractivity contribution < 1.29 is 13.5 Å². The van der Waals surface area contributed by atoms with Crippen molar-refractivity contribution >= 4 is 15.7 Å². The highest BCUT2D eigenvalue weighted by Crippen LogP contribution is 2.18. The van der Waals surface area contributed by atoms with Crippen molar-refractivity contribution in [2.24, 2.45) is 0 Å². The van der Waals surface area contributed by atoms with Gasteiger partial charge in [0, 0.05) is 24.4 Å². The normalized spacial score (nSPS) is 14.7. The van der Waals surface area contributed by atoms with Gasteiger partial charge in [-0.25, -0.2) is 8.42 Å². The molecule has 1 aromatic rings. The van der Waals surface area contributed by atoms with Crippen LogP contribution >= 0.6 is 0 Å². The number of benzene rings is 1. The van der Waals surface area contributed by atoms with Crippen molar-refractivity contribution in [3.63, 3.8) is 0 Å². The summed E-state index contributed by atoms with van der Waals surface area (Å²) in [6.07, 6.45) is 1.69. The van der Waals surface area contributed by atoms with Gasteiger partial charge in [-0.2, -0.15) is 0 Å². The van der Waals surface area contributed by atoms with E-state index in [1.54, 1.807) is 19.1 Å². The maximum absolute atomic E-state index is 11.5. The molecule has 120 valence electrons. The average Bonchev–Trinajstić information content (AvgIpc) is 2.47. The van der Waals surface area contributed by atoms with E-state index in [4.69, 9.17) is 5.11 Å². The molecule has 0 aliphatic rings. The van der Waals surface area contributed by atoms with Crippen LogP contribution in [-0.4, -0.2) is 31.9 Å². The number of hydrogen-bond acceptors (Lipinski definition) is 4. The third kappa shape index (κ3) is 6.03. The molecule has 21 heavy (non-hydrogen) atoms. The molecule has 0 amide bonds. The quantitative estimate of drug-likeness (QED) is 0.653. The molecule has 0 spiro atoms. The average molecular weight is 314 g/mol. The molecule has 6 heteroatoms. The first-order chi connectivity index (χ1) is 9.91. The summed E-state index contributed by atoms with van der Waals surface area (Å²) in [5, 5.41) is 12.5. The largest absolute Gasteiger partial charge is 0.396 e. The van der Waals surface area contributed by atoms with E-state index in [0.29, 0.717) is 5.69 Å². The third-order valence-electron chi connectivity index (χ3n) is 3.52. The molecular weight excluding hydrogens is 288 g/mol. The predicted octanol–water partition coefficient (Wildman–Crippen LogP) is 2.26. The van der Waals surface area contributed by atoms with Crippen LogP contribution < -0.4 is 10.0 Å². The van der Waals surface area contributed by atoms with Crippen LogP contribution in [0.1, 0.15) is 45.2 Å². The smallest absolute Gasteiger partial charge is 0.232 e. The Balaban J connectivity index is 2.68. The molecule has 2 atom stereocenters. The number of nitrogens with one attached hydrogen (secondary N) is 2. The van der Waals surface area contributed by atoms with Crippen molar-refractivity contribution in [2.75, 3.05) is 17.1 Å². The van der Waals surface area contributed by atoms with E-state index in [9.17, 15) is 8.42 Å². The highest BCUT2D eigenvalue weighted by atomic mass is 32.2. The summed E-state index contributed by atoms with van der Waals surface area (Å²) in [7, 11) is -3.23. The Morgan fingerprint density at radius 3 is 2.29 bits per heavy atom. The molecule has 0 heterocycles. The van der Waals surface area contributed by atoms with Gasteiger partial charge in [0.25, 0.3) is 0 Å². The Bertz CT molecular complexity index is 514. The molecule has 3 N–H and O–H groups in total. The van der Waals surface area contributed by atoms with Crippen LogP contribution in [0.5, 0.6) is 0 Å². The molecule has 5 nitrogen and oxygen atoms in total. The van der Waals surface area contributed by atoms with Crippen LogP contribution in [0.4, 0.5) is 5.69 Å². The van der Waals surface area contributed by atoms with Crippen molar-refractivity contribution in [1.82, 2.24) is 5.32 Å². The summed E-state index contributed by atoms with van der Waals surface area (Å²) in [4.78, 5) is 0. The van der Waals surface area contributed by atoms with Gasteiger partial charge >= 0.3 is 0 Å². The predicted molar refractivity (Wildman–Crippen MR) is 86.9 cm³/mol. The highest BCUT2D eigenvalue weighted by Gasteiger charge is 2.12. The summed E-state index contributed by atoms with van der Waals surface area (Å²) < 4.78 is 25.5. The lowest BCUT2D eigenvalue weighted by Crippen LogP contribution is -2.31. The Morgan fingerprint density at radius 1 is 1.19 bits per heavy atom. The van der Waals surface area contributed by atoms with E-state index in [2.05, 4.69) is 23.9 Å². The van der Waals surface area contributed by atoms with E-state index in [-0.39, 0.29) is 24.4 Å².